The summed E-state index contributed by atoms with van der Waals surface area (Å²) in [7, 11) is 0. The van der Waals surface area contributed by atoms with Gasteiger partial charge in [0.25, 0.3) is 0 Å². The van der Waals surface area contributed by atoms with Gasteiger partial charge in [-0.1, -0.05) is 30.3 Å². The highest BCUT2D eigenvalue weighted by molar-refractivity contribution is 5.96. The summed E-state index contributed by atoms with van der Waals surface area (Å²) in [5.74, 6) is -0.300. The maximum Gasteiger partial charge on any atom is 0.240 e. The van der Waals surface area contributed by atoms with Crippen molar-refractivity contribution in [2.24, 2.45) is 5.92 Å². The zero-order valence-corrected chi connectivity index (χ0v) is 11.4. The molecule has 2 amide bonds. The van der Waals surface area contributed by atoms with Crippen LogP contribution in [0.4, 0.5) is 0 Å². The normalized spacial score (nSPS) is 18.9. The molecular weight excluding hydrogens is 256 g/mol. The maximum absolute atomic E-state index is 11.8. The highest BCUT2D eigenvalue weighted by Crippen LogP contribution is 2.14. The first kappa shape index (κ1) is 14.7. The minimum Gasteiger partial charge on any atom is -0.396 e. The quantitative estimate of drug-likeness (QED) is 0.805. The number of aliphatic hydroxyl groups excluding tert-OH is 1. The zero-order chi connectivity index (χ0) is 14.4. The summed E-state index contributed by atoms with van der Waals surface area (Å²) < 4.78 is 0. The monoisotopic (exact) mass is 276 g/mol. The SMILES string of the molecule is O=C(Cc1ccccc1)NC(=O)CN1CCC(CO)C1. The van der Waals surface area contributed by atoms with Crippen molar-refractivity contribution in [3.8, 4) is 0 Å². The molecule has 108 valence electrons. The van der Waals surface area contributed by atoms with Crippen LogP contribution < -0.4 is 5.32 Å². The molecule has 0 radical (unpaired) electrons. The van der Waals surface area contributed by atoms with Crippen molar-refractivity contribution in [2.45, 2.75) is 12.8 Å². The minimum absolute atomic E-state index is 0.158. The Morgan fingerprint density at radius 2 is 2.00 bits per heavy atom. The fourth-order valence-corrected chi connectivity index (χ4v) is 2.43. The van der Waals surface area contributed by atoms with Crippen molar-refractivity contribution in [1.82, 2.24) is 10.2 Å². The molecule has 5 nitrogen and oxygen atoms in total. The lowest BCUT2D eigenvalue weighted by Crippen LogP contribution is -2.40. The van der Waals surface area contributed by atoms with Gasteiger partial charge < -0.3 is 5.11 Å². The van der Waals surface area contributed by atoms with Gasteiger partial charge in [0, 0.05) is 13.2 Å². The molecule has 1 aliphatic heterocycles. The van der Waals surface area contributed by atoms with Crippen molar-refractivity contribution in [3.63, 3.8) is 0 Å². The van der Waals surface area contributed by atoms with E-state index >= 15 is 0 Å². The molecule has 1 aromatic carbocycles. The fourth-order valence-electron chi connectivity index (χ4n) is 2.43. The molecule has 1 aromatic rings. The first-order valence-corrected chi connectivity index (χ1v) is 6.87. The van der Waals surface area contributed by atoms with Crippen LogP contribution in [0.15, 0.2) is 30.3 Å². The third-order valence-corrected chi connectivity index (χ3v) is 3.48. The number of carbonyl (C=O) groups is 2. The van der Waals surface area contributed by atoms with Crippen LogP contribution >= 0.6 is 0 Å². The first-order chi connectivity index (χ1) is 9.67. The summed E-state index contributed by atoms with van der Waals surface area (Å²) in [4.78, 5) is 25.4. The summed E-state index contributed by atoms with van der Waals surface area (Å²) in [5.41, 5.74) is 0.888. The Kier molecular flexibility index (Phi) is 5.26. The Hall–Kier alpha value is -1.72. The van der Waals surface area contributed by atoms with Gasteiger partial charge >= 0.3 is 0 Å². The van der Waals surface area contributed by atoms with Gasteiger partial charge in [0.15, 0.2) is 0 Å². The summed E-state index contributed by atoms with van der Waals surface area (Å²) in [6.07, 6.45) is 1.12. The summed E-state index contributed by atoms with van der Waals surface area (Å²) in [6.45, 7) is 1.89. The molecule has 1 atom stereocenters. The molecule has 2 N–H and O–H groups in total. The summed E-state index contributed by atoms with van der Waals surface area (Å²) in [6, 6.07) is 9.33. The van der Waals surface area contributed by atoms with Crippen molar-refractivity contribution in [1.29, 1.82) is 0 Å². The number of hydrogen-bond acceptors (Lipinski definition) is 4. The molecule has 0 bridgehead atoms. The minimum atomic E-state index is -0.279. The molecule has 0 spiro atoms. The molecule has 0 aromatic heterocycles. The van der Waals surface area contributed by atoms with Crippen LogP contribution in [0.2, 0.25) is 0 Å². The standard InChI is InChI=1S/C15H20N2O3/c18-11-13-6-7-17(9-13)10-15(20)16-14(19)8-12-4-2-1-3-5-12/h1-5,13,18H,6-11H2,(H,16,19,20). The molecular formula is C15H20N2O3. The summed E-state index contributed by atoms with van der Waals surface area (Å²) in [5, 5.41) is 11.5. The number of likely N-dealkylation sites (tertiary alicyclic amines) is 1. The lowest BCUT2D eigenvalue weighted by molar-refractivity contribution is -0.130. The van der Waals surface area contributed by atoms with Crippen LogP contribution in [-0.2, 0) is 16.0 Å². The number of benzene rings is 1. The molecule has 1 fully saturated rings. The molecule has 0 aliphatic carbocycles. The van der Waals surface area contributed by atoms with E-state index in [-0.39, 0.29) is 37.3 Å². The number of nitrogens with one attached hydrogen (secondary N) is 1. The van der Waals surface area contributed by atoms with Crippen LogP contribution in [0.5, 0.6) is 0 Å². The first-order valence-electron chi connectivity index (χ1n) is 6.87. The number of aliphatic hydroxyl groups is 1. The molecule has 0 saturated carbocycles. The predicted molar refractivity (Wildman–Crippen MR) is 74.9 cm³/mol. The smallest absolute Gasteiger partial charge is 0.240 e. The molecule has 1 aliphatic rings. The van der Waals surface area contributed by atoms with Gasteiger partial charge in [-0.3, -0.25) is 19.8 Å². The number of amides is 2. The maximum atomic E-state index is 11.8. The van der Waals surface area contributed by atoms with Gasteiger partial charge in [0.1, 0.15) is 0 Å². The van der Waals surface area contributed by atoms with Crippen LogP contribution in [0.25, 0.3) is 0 Å². The van der Waals surface area contributed by atoms with E-state index in [4.69, 9.17) is 5.11 Å². The second kappa shape index (κ2) is 7.17. The zero-order valence-electron chi connectivity index (χ0n) is 11.4. The van der Waals surface area contributed by atoms with E-state index in [1.165, 1.54) is 0 Å². The van der Waals surface area contributed by atoms with Crippen molar-refractivity contribution >= 4 is 11.8 Å². The van der Waals surface area contributed by atoms with Gasteiger partial charge in [0.05, 0.1) is 13.0 Å². The van der Waals surface area contributed by atoms with Gasteiger partial charge in [-0.15, -0.1) is 0 Å². The van der Waals surface area contributed by atoms with E-state index in [0.29, 0.717) is 0 Å². The largest absolute Gasteiger partial charge is 0.396 e. The number of carbonyl (C=O) groups excluding carboxylic acids is 2. The van der Waals surface area contributed by atoms with Crippen LogP contribution in [0.1, 0.15) is 12.0 Å². The molecule has 1 unspecified atom stereocenters. The van der Waals surface area contributed by atoms with Crippen LogP contribution in [0, 0.1) is 5.92 Å². The highest BCUT2D eigenvalue weighted by Gasteiger charge is 2.23. The number of rotatable bonds is 5. The lowest BCUT2D eigenvalue weighted by atomic mass is 10.1. The molecule has 2 rings (SSSR count). The van der Waals surface area contributed by atoms with E-state index in [9.17, 15) is 9.59 Å². The third-order valence-electron chi connectivity index (χ3n) is 3.48. The summed E-state index contributed by atoms with van der Waals surface area (Å²) >= 11 is 0. The molecule has 1 heterocycles. The number of imide groups is 1. The van der Waals surface area contributed by atoms with Gasteiger partial charge in [-0.2, -0.15) is 0 Å². The van der Waals surface area contributed by atoms with Gasteiger partial charge in [0.2, 0.25) is 11.8 Å². The highest BCUT2D eigenvalue weighted by atomic mass is 16.3. The third kappa shape index (κ3) is 4.43. The molecule has 1 saturated heterocycles. The fraction of sp³-hybridized carbons (Fsp3) is 0.467. The number of nitrogens with zero attached hydrogens (tertiary/aromatic N) is 1. The van der Waals surface area contributed by atoms with Crippen molar-refractivity contribution in [2.75, 3.05) is 26.2 Å². The Morgan fingerprint density at radius 3 is 2.65 bits per heavy atom. The van der Waals surface area contributed by atoms with E-state index in [0.717, 1.165) is 25.1 Å². The van der Waals surface area contributed by atoms with E-state index < -0.39 is 0 Å². The van der Waals surface area contributed by atoms with E-state index in [1.807, 2.05) is 35.2 Å². The van der Waals surface area contributed by atoms with E-state index in [1.54, 1.807) is 0 Å². The topological polar surface area (TPSA) is 69.6 Å². The van der Waals surface area contributed by atoms with Crippen molar-refractivity contribution < 1.29 is 14.7 Å². The Bertz CT molecular complexity index is 461. The van der Waals surface area contributed by atoms with E-state index in [2.05, 4.69) is 5.32 Å². The lowest BCUT2D eigenvalue weighted by Gasteiger charge is -2.14. The number of hydrogen-bond donors (Lipinski definition) is 2. The average Bonchev–Trinajstić information content (AvgIpc) is 2.87. The average molecular weight is 276 g/mol. The Balaban J connectivity index is 1.73. The predicted octanol–water partition coefficient (Wildman–Crippen LogP) is 0.186. The second-order valence-corrected chi connectivity index (χ2v) is 5.21. The van der Waals surface area contributed by atoms with Gasteiger partial charge in [-0.05, 0) is 24.4 Å². The Morgan fingerprint density at radius 1 is 1.25 bits per heavy atom. The molecule has 5 heteroatoms. The van der Waals surface area contributed by atoms with Crippen LogP contribution in [-0.4, -0.2) is 48.1 Å². The van der Waals surface area contributed by atoms with Gasteiger partial charge in [-0.25, -0.2) is 0 Å². The molecule has 20 heavy (non-hydrogen) atoms. The van der Waals surface area contributed by atoms with Crippen molar-refractivity contribution in [3.05, 3.63) is 35.9 Å². The van der Waals surface area contributed by atoms with Crippen LogP contribution in [0.3, 0.4) is 0 Å². The second-order valence-electron chi connectivity index (χ2n) is 5.21. The Labute approximate surface area is 118 Å².